The lowest BCUT2D eigenvalue weighted by Gasteiger charge is -2.15. The van der Waals surface area contributed by atoms with E-state index >= 15 is 4.39 Å². The molecule has 0 saturated carbocycles. The Labute approximate surface area is 254 Å². The largest absolute Gasteiger partial charge is 0.481 e. The third-order valence-corrected chi connectivity index (χ3v) is 7.07. The molecule has 2 unspecified atom stereocenters. The van der Waals surface area contributed by atoms with Crippen LogP contribution in [0, 0.1) is 5.82 Å². The number of nitrogens with one attached hydrogen (secondary N) is 3. The van der Waals surface area contributed by atoms with Crippen LogP contribution in [0.2, 0.25) is 10.0 Å². The summed E-state index contributed by atoms with van der Waals surface area (Å²) in [5, 5.41) is 28.7. The zero-order chi connectivity index (χ0) is 30.2. The number of pyridine rings is 3. The summed E-state index contributed by atoms with van der Waals surface area (Å²) in [5.74, 6) is -0.0839. The predicted molar refractivity (Wildman–Crippen MR) is 164 cm³/mol. The van der Waals surface area contributed by atoms with Crippen molar-refractivity contribution in [2.24, 2.45) is 0 Å². The van der Waals surface area contributed by atoms with Crippen molar-refractivity contribution in [3.05, 3.63) is 81.8 Å². The summed E-state index contributed by atoms with van der Waals surface area (Å²) in [7, 11) is 1.54. The van der Waals surface area contributed by atoms with Crippen LogP contribution in [0.1, 0.15) is 25.0 Å². The van der Waals surface area contributed by atoms with Crippen LogP contribution in [0.25, 0.3) is 22.5 Å². The van der Waals surface area contributed by atoms with Crippen molar-refractivity contribution in [3.63, 3.8) is 0 Å². The van der Waals surface area contributed by atoms with Gasteiger partial charge in [-0.15, -0.1) is 0 Å². The Morgan fingerprint density at radius 2 is 1.55 bits per heavy atom. The molecule has 3 heterocycles. The van der Waals surface area contributed by atoms with E-state index in [1.807, 2.05) is 12.1 Å². The van der Waals surface area contributed by atoms with Gasteiger partial charge in [0.25, 0.3) is 0 Å². The van der Waals surface area contributed by atoms with Gasteiger partial charge in [0, 0.05) is 60.8 Å². The van der Waals surface area contributed by atoms with Gasteiger partial charge in [-0.05, 0) is 38.1 Å². The van der Waals surface area contributed by atoms with Crippen LogP contribution in [-0.2, 0) is 13.1 Å². The molecular weight excluding hydrogens is 582 g/mol. The van der Waals surface area contributed by atoms with Gasteiger partial charge < -0.3 is 30.9 Å². The Bertz CT molecular complexity index is 1520. The maximum Gasteiger partial charge on any atom is 0.218 e. The molecule has 0 aliphatic carbocycles. The van der Waals surface area contributed by atoms with Gasteiger partial charge in [-0.25, -0.2) is 14.4 Å². The first-order valence-corrected chi connectivity index (χ1v) is 14.1. The first-order chi connectivity index (χ1) is 20.2. The molecular formula is C30H33Cl2FN6O3. The maximum absolute atomic E-state index is 15.2. The fourth-order valence-corrected chi connectivity index (χ4v) is 4.81. The average molecular weight is 616 g/mol. The van der Waals surface area contributed by atoms with E-state index in [0.717, 1.165) is 5.56 Å². The summed E-state index contributed by atoms with van der Waals surface area (Å²) < 4.78 is 20.7. The van der Waals surface area contributed by atoms with E-state index in [1.165, 1.54) is 6.20 Å². The van der Waals surface area contributed by atoms with Crippen molar-refractivity contribution in [1.82, 2.24) is 25.6 Å². The van der Waals surface area contributed by atoms with Crippen molar-refractivity contribution in [1.29, 1.82) is 0 Å². The normalized spacial score (nSPS) is 12.7. The van der Waals surface area contributed by atoms with E-state index in [1.54, 1.807) is 57.5 Å². The molecule has 9 nitrogen and oxygen atoms in total. The van der Waals surface area contributed by atoms with Crippen LogP contribution in [0.3, 0.4) is 0 Å². The molecule has 42 heavy (non-hydrogen) atoms. The molecule has 4 aromatic rings. The first kappa shape index (κ1) is 31.6. The molecule has 0 fully saturated rings. The monoisotopic (exact) mass is 614 g/mol. The quantitative estimate of drug-likeness (QED) is 0.136. The van der Waals surface area contributed by atoms with Gasteiger partial charge in [-0.3, -0.25) is 4.98 Å². The Morgan fingerprint density at radius 1 is 0.857 bits per heavy atom. The van der Waals surface area contributed by atoms with Crippen molar-refractivity contribution in [2.45, 2.75) is 39.1 Å². The lowest BCUT2D eigenvalue weighted by atomic mass is 10.1. The molecule has 0 aliphatic rings. The van der Waals surface area contributed by atoms with E-state index in [9.17, 15) is 10.2 Å². The third-order valence-electron chi connectivity index (χ3n) is 6.28. The number of nitrogens with zero attached hydrogens (tertiary/aromatic N) is 3. The highest BCUT2D eigenvalue weighted by Gasteiger charge is 2.19. The van der Waals surface area contributed by atoms with Crippen LogP contribution in [0.5, 0.6) is 5.88 Å². The molecule has 1 aromatic carbocycles. The second-order valence-corrected chi connectivity index (χ2v) is 10.5. The number of ether oxygens (including phenoxy) is 1. The number of anilines is 2. The molecule has 12 heteroatoms. The van der Waals surface area contributed by atoms with Gasteiger partial charge in [-0.1, -0.05) is 41.4 Å². The van der Waals surface area contributed by atoms with E-state index in [0.29, 0.717) is 64.3 Å². The highest BCUT2D eigenvalue weighted by Crippen LogP contribution is 2.40. The highest BCUT2D eigenvalue weighted by molar-refractivity contribution is 6.39. The maximum atomic E-state index is 15.2. The summed E-state index contributed by atoms with van der Waals surface area (Å²) in [6, 6.07) is 12.3. The van der Waals surface area contributed by atoms with Crippen LogP contribution in [0.15, 0.2) is 54.9 Å². The topological polar surface area (TPSA) is 124 Å². The smallest absolute Gasteiger partial charge is 0.218 e. The number of aliphatic hydroxyl groups is 2. The molecule has 0 aliphatic heterocycles. The van der Waals surface area contributed by atoms with E-state index < -0.39 is 18.0 Å². The molecule has 0 bridgehead atoms. The summed E-state index contributed by atoms with van der Waals surface area (Å²) in [5.41, 5.74) is 3.82. The first-order valence-electron chi connectivity index (χ1n) is 13.3. The Hall–Kier alpha value is -3.38. The number of methoxy groups -OCH3 is 1. The van der Waals surface area contributed by atoms with Crippen molar-refractivity contribution in [3.8, 4) is 28.4 Å². The summed E-state index contributed by atoms with van der Waals surface area (Å²) in [6.45, 7) is 4.83. The molecule has 5 N–H and O–H groups in total. The summed E-state index contributed by atoms with van der Waals surface area (Å²) in [6.07, 6.45) is 2.10. The van der Waals surface area contributed by atoms with Crippen molar-refractivity contribution in [2.75, 3.05) is 25.5 Å². The minimum absolute atomic E-state index is 0.0116. The fraction of sp³-hybridized carbons (Fsp3) is 0.300. The van der Waals surface area contributed by atoms with Crippen molar-refractivity contribution < 1.29 is 19.3 Å². The average Bonchev–Trinajstić information content (AvgIpc) is 2.96. The zero-order valence-corrected chi connectivity index (χ0v) is 25.0. The molecule has 0 amide bonds. The second-order valence-electron chi connectivity index (χ2n) is 9.77. The summed E-state index contributed by atoms with van der Waals surface area (Å²) in [4.78, 5) is 13.3. The van der Waals surface area contributed by atoms with Crippen molar-refractivity contribution >= 4 is 34.7 Å². The van der Waals surface area contributed by atoms with Gasteiger partial charge in [0.1, 0.15) is 0 Å². The molecule has 222 valence electrons. The lowest BCUT2D eigenvalue weighted by molar-refractivity contribution is 0.190. The molecule has 0 saturated heterocycles. The van der Waals surface area contributed by atoms with Crippen LogP contribution in [0.4, 0.5) is 15.9 Å². The molecule has 4 rings (SSSR count). The molecule has 0 spiro atoms. The van der Waals surface area contributed by atoms with Crippen LogP contribution >= 0.6 is 23.2 Å². The zero-order valence-electron chi connectivity index (χ0n) is 23.5. The Balaban J connectivity index is 1.61. The standard InChI is InChI=1S/C30H33Cl2FN6O3/c1-17(40)13-34-15-19-9-11-37-29(27(19)33)38-24-6-4-5-22(25(24)31)28-26(32)21(10-12-36-28)23-8-7-20(30(39-23)42-3)16-35-14-18(2)41/h4-12,17-18,34-35,40-41H,13-16H2,1-3H3,(H,37,38). The fourth-order valence-electron chi connectivity index (χ4n) is 4.24. The SMILES string of the molecule is COc1nc(-c2ccnc(-c3cccc(Nc4nccc(CNCC(C)O)c4F)c3Cl)c2Cl)ccc1CNCC(C)O. The van der Waals surface area contributed by atoms with Gasteiger partial charge in [0.15, 0.2) is 11.6 Å². The second kappa shape index (κ2) is 14.7. The predicted octanol–water partition coefficient (Wildman–Crippen LogP) is 5.34. The molecule has 2 atom stereocenters. The minimum atomic E-state index is -0.547. The lowest BCUT2D eigenvalue weighted by Crippen LogP contribution is -2.24. The number of hydrogen-bond donors (Lipinski definition) is 5. The Morgan fingerprint density at radius 3 is 2.24 bits per heavy atom. The number of rotatable bonds is 13. The Kier molecular flexibility index (Phi) is 11.0. The number of aliphatic hydroxyl groups excluding tert-OH is 2. The van der Waals surface area contributed by atoms with E-state index in [4.69, 9.17) is 27.9 Å². The van der Waals surface area contributed by atoms with Gasteiger partial charge in [0.05, 0.1) is 46.4 Å². The van der Waals surface area contributed by atoms with Gasteiger partial charge in [-0.2, -0.15) is 0 Å². The minimum Gasteiger partial charge on any atom is -0.481 e. The number of hydrogen-bond acceptors (Lipinski definition) is 9. The molecule has 3 aromatic heterocycles. The van der Waals surface area contributed by atoms with Gasteiger partial charge in [0.2, 0.25) is 5.88 Å². The third kappa shape index (κ3) is 7.71. The number of halogens is 3. The highest BCUT2D eigenvalue weighted by atomic mass is 35.5. The number of benzene rings is 1. The van der Waals surface area contributed by atoms with Crippen LogP contribution < -0.4 is 20.7 Å². The number of aromatic nitrogens is 3. The van der Waals surface area contributed by atoms with Gasteiger partial charge >= 0.3 is 0 Å². The van der Waals surface area contributed by atoms with Crippen LogP contribution in [-0.4, -0.2) is 57.6 Å². The summed E-state index contributed by atoms with van der Waals surface area (Å²) >= 11 is 13.7. The van der Waals surface area contributed by atoms with E-state index in [2.05, 4.69) is 30.9 Å². The van der Waals surface area contributed by atoms with E-state index in [-0.39, 0.29) is 17.4 Å². The molecule has 0 radical (unpaired) electrons.